The van der Waals surface area contributed by atoms with Crippen LogP contribution in [0.15, 0.2) is 11.8 Å². The molecule has 1 rings (SSSR count). The lowest BCUT2D eigenvalue weighted by Crippen LogP contribution is -2.28. The molecule has 2 unspecified atom stereocenters. The summed E-state index contributed by atoms with van der Waals surface area (Å²) in [6.07, 6.45) is 5.52. The summed E-state index contributed by atoms with van der Waals surface area (Å²) >= 11 is 0. The molecule has 1 N–H and O–H groups in total. The van der Waals surface area contributed by atoms with Crippen LogP contribution in [0.25, 0.3) is 0 Å². The van der Waals surface area contributed by atoms with Gasteiger partial charge in [0.2, 0.25) is 0 Å². The van der Waals surface area contributed by atoms with Crippen molar-refractivity contribution in [3.05, 3.63) is 11.8 Å². The Hall–Kier alpha value is -1.03. The topological polar surface area (TPSA) is 55.8 Å². The highest BCUT2D eigenvalue weighted by Gasteiger charge is 2.31. The van der Waals surface area contributed by atoms with E-state index in [2.05, 4.69) is 0 Å². The second-order valence-electron chi connectivity index (χ2n) is 4.13. The minimum absolute atomic E-state index is 0.0612. The van der Waals surface area contributed by atoms with Gasteiger partial charge in [0.05, 0.1) is 26.1 Å². The number of aliphatic hydroxyl groups is 1. The molecule has 0 aromatic rings. The molecule has 0 heterocycles. The van der Waals surface area contributed by atoms with Gasteiger partial charge in [0.15, 0.2) is 0 Å². The zero-order chi connectivity index (χ0) is 12.0. The number of methoxy groups -OCH3 is 2. The van der Waals surface area contributed by atoms with Crippen molar-refractivity contribution in [1.29, 1.82) is 0 Å². The van der Waals surface area contributed by atoms with Crippen LogP contribution in [-0.4, -0.2) is 31.9 Å². The minimum Gasteiger partial charge on any atom is -0.504 e. The monoisotopic (exact) mass is 228 g/mol. The molecule has 0 radical (unpaired) electrons. The van der Waals surface area contributed by atoms with Gasteiger partial charge in [-0.1, -0.05) is 12.8 Å². The molecule has 0 aliphatic heterocycles. The van der Waals surface area contributed by atoms with E-state index in [1.54, 1.807) is 0 Å². The molecule has 2 atom stereocenters. The molecular formula is C12H20O4. The van der Waals surface area contributed by atoms with E-state index in [1.807, 2.05) is 0 Å². The summed E-state index contributed by atoms with van der Waals surface area (Å²) in [5.41, 5.74) is 0.545. The molecule has 0 bridgehead atoms. The number of rotatable bonds is 4. The van der Waals surface area contributed by atoms with E-state index in [0.717, 1.165) is 25.7 Å². The SMILES string of the molecule is CO/C=C(/C(=O)OC)C1CCCCC1CO. The zero-order valence-electron chi connectivity index (χ0n) is 9.94. The molecule has 1 fully saturated rings. The van der Waals surface area contributed by atoms with E-state index in [9.17, 15) is 9.90 Å². The Morgan fingerprint density at radius 3 is 2.62 bits per heavy atom. The van der Waals surface area contributed by atoms with Crippen molar-refractivity contribution >= 4 is 5.97 Å². The van der Waals surface area contributed by atoms with E-state index >= 15 is 0 Å². The largest absolute Gasteiger partial charge is 0.504 e. The third kappa shape index (κ3) is 2.98. The molecule has 1 saturated carbocycles. The van der Waals surface area contributed by atoms with Gasteiger partial charge in [0, 0.05) is 6.61 Å². The van der Waals surface area contributed by atoms with Crippen molar-refractivity contribution in [3.63, 3.8) is 0 Å². The van der Waals surface area contributed by atoms with E-state index in [0.29, 0.717) is 5.57 Å². The lowest BCUT2D eigenvalue weighted by atomic mass is 9.76. The summed E-state index contributed by atoms with van der Waals surface area (Å²) < 4.78 is 9.67. The summed E-state index contributed by atoms with van der Waals surface area (Å²) in [7, 11) is 2.88. The maximum Gasteiger partial charge on any atom is 0.337 e. The summed E-state index contributed by atoms with van der Waals surface area (Å²) in [4.78, 5) is 11.6. The first-order chi connectivity index (χ1) is 7.74. The van der Waals surface area contributed by atoms with Crippen molar-refractivity contribution in [1.82, 2.24) is 0 Å². The molecule has 4 nitrogen and oxygen atoms in total. The zero-order valence-corrected chi connectivity index (χ0v) is 9.94. The molecule has 4 heteroatoms. The molecule has 0 aromatic heterocycles. The van der Waals surface area contributed by atoms with E-state index in [1.165, 1.54) is 20.5 Å². The van der Waals surface area contributed by atoms with Crippen LogP contribution < -0.4 is 0 Å². The number of aliphatic hydroxyl groups excluding tert-OH is 1. The fraction of sp³-hybridized carbons (Fsp3) is 0.750. The van der Waals surface area contributed by atoms with Crippen molar-refractivity contribution in [2.75, 3.05) is 20.8 Å². The van der Waals surface area contributed by atoms with Crippen molar-refractivity contribution < 1.29 is 19.4 Å². The Balaban J connectivity index is 2.83. The number of hydrogen-bond acceptors (Lipinski definition) is 4. The Bertz CT molecular complexity index is 260. The highest BCUT2D eigenvalue weighted by Crippen LogP contribution is 2.35. The van der Waals surface area contributed by atoms with Crippen LogP contribution in [-0.2, 0) is 14.3 Å². The van der Waals surface area contributed by atoms with Crippen LogP contribution in [0.1, 0.15) is 25.7 Å². The van der Waals surface area contributed by atoms with Crippen molar-refractivity contribution in [2.24, 2.45) is 11.8 Å². The molecule has 0 spiro atoms. The number of esters is 1. The lowest BCUT2D eigenvalue weighted by molar-refractivity contribution is -0.137. The van der Waals surface area contributed by atoms with Crippen molar-refractivity contribution in [2.45, 2.75) is 25.7 Å². The first-order valence-electron chi connectivity index (χ1n) is 5.66. The number of hydrogen-bond donors (Lipinski definition) is 1. The van der Waals surface area contributed by atoms with E-state index < -0.39 is 0 Å². The fourth-order valence-electron chi connectivity index (χ4n) is 2.37. The first kappa shape index (κ1) is 13.0. The second-order valence-corrected chi connectivity index (χ2v) is 4.13. The third-order valence-corrected chi connectivity index (χ3v) is 3.21. The number of carbonyl (C=O) groups excluding carboxylic acids is 1. The molecule has 0 saturated heterocycles. The molecule has 16 heavy (non-hydrogen) atoms. The number of carbonyl (C=O) groups is 1. The van der Waals surface area contributed by atoms with Crippen LogP contribution in [0.4, 0.5) is 0 Å². The molecule has 92 valence electrons. The van der Waals surface area contributed by atoms with Gasteiger partial charge in [-0.3, -0.25) is 0 Å². The van der Waals surface area contributed by atoms with Gasteiger partial charge < -0.3 is 14.6 Å². The predicted molar refractivity (Wildman–Crippen MR) is 59.6 cm³/mol. The Morgan fingerprint density at radius 2 is 2.06 bits per heavy atom. The molecule has 1 aliphatic carbocycles. The van der Waals surface area contributed by atoms with Gasteiger partial charge in [-0.2, -0.15) is 0 Å². The summed E-state index contributed by atoms with van der Waals surface area (Å²) in [6.45, 7) is 0.114. The molecule has 0 amide bonds. The highest BCUT2D eigenvalue weighted by atomic mass is 16.5. The first-order valence-corrected chi connectivity index (χ1v) is 5.66. The van der Waals surface area contributed by atoms with Gasteiger partial charge in [0.1, 0.15) is 0 Å². The van der Waals surface area contributed by atoms with Gasteiger partial charge in [0.25, 0.3) is 0 Å². The van der Waals surface area contributed by atoms with E-state index in [-0.39, 0.29) is 24.4 Å². The average molecular weight is 228 g/mol. The fourth-order valence-corrected chi connectivity index (χ4v) is 2.37. The van der Waals surface area contributed by atoms with Gasteiger partial charge in [-0.05, 0) is 24.7 Å². The third-order valence-electron chi connectivity index (χ3n) is 3.21. The molecule has 1 aliphatic rings. The van der Waals surface area contributed by atoms with Crippen LogP contribution in [0.2, 0.25) is 0 Å². The lowest BCUT2D eigenvalue weighted by Gasteiger charge is -2.30. The van der Waals surface area contributed by atoms with Crippen molar-refractivity contribution in [3.8, 4) is 0 Å². The molecular weight excluding hydrogens is 208 g/mol. The number of ether oxygens (including phenoxy) is 2. The summed E-state index contributed by atoms with van der Waals surface area (Å²) in [5.74, 6) is -0.146. The minimum atomic E-state index is -0.354. The van der Waals surface area contributed by atoms with Gasteiger partial charge in [-0.15, -0.1) is 0 Å². The van der Waals surface area contributed by atoms with Gasteiger partial charge in [-0.25, -0.2) is 4.79 Å². The maximum atomic E-state index is 11.6. The molecule has 0 aromatic carbocycles. The van der Waals surface area contributed by atoms with Crippen LogP contribution in [0.5, 0.6) is 0 Å². The quantitative estimate of drug-likeness (QED) is 0.450. The Morgan fingerprint density at radius 1 is 1.38 bits per heavy atom. The van der Waals surface area contributed by atoms with E-state index in [4.69, 9.17) is 9.47 Å². The Labute approximate surface area is 96.2 Å². The predicted octanol–water partition coefficient (Wildman–Crippen LogP) is 1.49. The Kier molecular flexibility index (Phi) is 5.32. The van der Waals surface area contributed by atoms with Crippen LogP contribution in [0, 0.1) is 11.8 Å². The van der Waals surface area contributed by atoms with Gasteiger partial charge >= 0.3 is 5.97 Å². The summed E-state index contributed by atoms with van der Waals surface area (Å²) in [5, 5.41) is 9.31. The standard InChI is InChI=1S/C12H20O4/c1-15-8-11(12(14)16-2)10-6-4-3-5-9(10)7-13/h8-10,13H,3-7H2,1-2H3/b11-8+. The summed E-state index contributed by atoms with van der Waals surface area (Å²) in [6, 6.07) is 0. The maximum absolute atomic E-state index is 11.6. The van der Waals surface area contributed by atoms with Crippen LogP contribution in [0.3, 0.4) is 0 Å². The smallest absolute Gasteiger partial charge is 0.337 e. The normalized spacial score (nSPS) is 26.3. The van der Waals surface area contributed by atoms with Crippen LogP contribution >= 0.6 is 0 Å². The highest BCUT2D eigenvalue weighted by molar-refractivity contribution is 5.88. The second kappa shape index (κ2) is 6.53. The average Bonchev–Trinajstić information content (AvgIpc) is 2.35.